The number of nitrogens with zero attached hydrogens (tertiary/aromatic N) is 3. The maximum Gasteiger partial charge on any atom is 0.213 e. The normalized spacial score (nSPS) is 11.0. The van der Waals surface area contributed by atoms with E-state index in [1.54, 1.807) is 4.52 Å². The maximum absolute atomic E-state index is 11.0. The van der Waals surface area contributed by atoms with Gasteiger partial charge < -0.3 is 4.74 Å². The second kappa shape index (κ2) is 6.27. The molecule has 6 heteroatoms. The van der Waals surface area contributed by atoms with Crippen LogP contribution in [0.5, 0.6) is 5.75 Å². The number of carbonyl (C=O) groups is 1. The van der Waals surface area contributed by atoms with Crippen molar-refractivity contribution in [1.82, 2.24) is 14.6 Å². The van der Waals surface area contributed by atoms with Crippen LogP contribution in [0.4, 0.5) is 0 Å². The minimum Gasteiger partial charge on any atom is -0.494 e. The van der Waals surface area contributed by atoms with Gasteiger partial charge in [0.05, 0.1) is 12.3 Å². The van der Waals surface area contributed by atoms with Crippen molar-refractivity contribution >= 4 is 22.6 Å². The standard InChI is InChI=1S/C16H17N3O2S/c1-11-5-7-13(8-6-11)21-9-3-4-15-18-19-14(10-20)12(2)17-16(19)22-15/h5-8,10H,3-4,9H2,1-2H3. The smallest absolute Gasteiger partial charge is 0.213 e. The molecule has 0 spiro atoms. The lowest BCUT2D eigenvalue weighted by molar-refractivity contribution is 0.111. The number of rotatable bonds is 6. The van der Waals surface area contributed by atoms with E-state index in [2.05, 4.69) is 17.0 Å². The van der Waals surface area contributed by atoms with Crippen molar-refractivity contribution in [2.45, 2.75) is 26.7 Å². The fourth-order valence-electron chi connectivity index (χ4n) is 2.19. The van der Waals surface area contributed by atoms with Crippen LogP contribution in [-0.2, 0) is 6.42 Å². The van der Waals surface area contributed by atoms with Crippen LogP contribution >= 0.6 is 11.3 Å². The Balaban J connectivity index is 1.56. The Kier molecular flexibility index (Phi) is 4.20. The molecule has 0 aliphatic rings. The van der Waals surface area contributed by atoms with Gasteiger partial charge in [-0.05, 0) is 32.4 Å². The lowest BCUT2D eigenvalue weighted by Crippen LogP contribution is -2.00. The van der Waals surface area contributed by atoms with Crippen LogP contribution in [0.25, 0.3) is 4.96 Å². The minimum atomic E-state index is 0.536. The van der Waals surface area contributed by atoms with Gasteiger partial charge in [0.15, 0.2) is 6.29 Å². The molecule has 3 rings (SSSR count). The highest BCUT2D eigenvalue weighted by molar-refractivity contribution is 7.16. The summed E-state index contributed by atoms with van der Waals surface area (Å²) in [6.07, 6.45) is 2.50. The molecular weight excluding hydrogens is 298 g/mol. The Hall–Kier alpha value is -2.21. The zero-order valence-corrected chi connectivity index (χ0v) is 13.4. The second-order valence-electron chi connectivity index (χ2n) is 5.16. The van der Waals surface area contributed by atoms with Gasteiger partial charge in [-0.25, -0.2) is 4.98 Å². The average Bonchev–Trinajstić information content (AvgIpc) is 3.01. The van der Waals surface area contributed by atoms with Gasteiger partial charge >= 0.3 is 0 Å². The Bertz CT molecular complexity index is 790. The molecule has 2 heterocycles. The average molecular weight is 315 g/mol. The summed E-state index contributed by atoms with van der Waals surface area (Å²) < 4.78 is 7.33. The van der Waals surface area contributed by atoms with Gasteiger partial charge in [0.2, 0.25) is 4.96 Å². The molecule has 0 saturated carbocycles. The number of carbonyl (C=O) groups excluding carboxylic acids is 1. The van der Waals surface area contributed by atoms with Gasteiger partial charge in [-0.3, -0.25) is 4.79 Å². The lowest BCUT2D eigenvalue weighted by Gasteiger charge is -2.05. The zero-order valence-electron chi connectivity index (χ0n) is 12.6. The van der Waals surface area contributed by atoms with Crippen LogP contribution in [-0.4, -0.2) is 27.5 Å². The van der Waals surface area contributed by atoms with Crippen molar-refractivity contribution in [2.75, 3.05) is 6.61 Å². The molecule has 1 aromatic carbocycles. The molecular formula is C16H17N3O2S. The Morgan fingerprint density at radius 1 is 1.27 bits per heavy atom. The molecule has 0 N–H and O–H groups in total. The monoisotopic (exact) mass is 315 g/mol. The van der Waals surface area contributed by atoms with Crippen LogP contribution in [0.15, 0.2) is 24.3 Å². The molecule has 3 aromatic rings. The summed E-state index contributed by atoms with van der Waals surface area (Å²) >= 11 is 1.52. The zero-order chi connectivity index (χ0) is 15.5. The van der Waals surface area contributed by atoms with Crippen molar-refractivity contribution in [3.63, 3.8) is 0 Å². The SMILES string of the molecule is Cc1ccc(OCCCc2nn3c(C=O)c(C)nc3s2)cc1. The highest BCUT2D eigenvalue weighted by Gasteiger charge is 2.12. The summed E-state index contributed by atoms with van der Waals surface area (Å²) in [7, 11) is 0. The van der Waals surface area contributed by atoms with Gasteiger partial charge in [-0.2, -0.15) is 9.61 Å². The molecule has 0 amide bonds. The molecule has 22 heavy (non-hydrogen) atoms. The van der Waals surface area contributed by atoms with E-state index in [4.69, 9.17) is 4.74 Å². The van der Waals surface area contributed by atoms with E-state index in [1.165, 1.54) is 16.9 Å². The first kappa shape index (κ1) is 14.7. The summed E-state index contributed by atoms with van der Waals surface area (Å²) in [6.45, 7) is 4.52. The quantitative estimate of drug-likeness (QED) is 0.517. The van der Waals surface area contributed by atoms with Gasteiger partial charge in [-0.15, -0.1) is 0 Å². The largest absolute Gasteiger partial charge is 0.494 e. The highest BCUT2D eigenvalue weighted by atomic mass is 32.1. The number of ether oxygens (including phenoxy) is 1. The number of benzene rings is 1. The third kappa shape index (κ3) is 3.01. The Labute approximate surface area is 132 Å². The third-order valence-electron chi connectivity index (χ3n) is 3.40. The number of aryl methyl sites for hydroxylation is 3. The van der Waals surface area contributed by atoms with Crippen LogP contribution in [0.2, 0.25) is 0 Å². The predicted molar refractivity (Wildman–Crippen MR) is 86.0 cm³/mol. The number of hydrogen-bond acceptors (Lipinski definition) is 5. The van der Waals surface area contributed by atoms with Crippen molar-refractivity contribution in [1.29, 1.82) is 0 Å². The van der Waals surface area contributed by atoms with Crippen molar-refractivity contribution < 1.29 is 9.53 Å². The van der Waals surface area contributed by atoms with Crippen LogP contribution in [0, 0.1) is 13.8 Å². The van der Waals surface area contributed by atoms with Crippen LogP contribution in [0.1, 0.15) is 33.2 Å². The summed E-state index contributed by atoms with van der Waals surface area (Å²) in [4.78, 5) is 16.2. The van der Waals surface area contributed by atoms with E-state index in [1.807, 2.05) is 31.2 Å². The van der Waals surface area contributed by atoms with Gasteiger partial charge in [0.25, 0.3) is 0 Å². The molecule has 114 valence electrons. The number of fused-ring (bicyclic) bond motifs is 1. The first-order chi connectivity index (χ1) is 10.7. The minimum absolute atomic E-state index is 0.536. The third-order valence-corrected chi connectivity index (χ3v) is 4.37. The summed E-state index contributed by atoms with van der Waals surface area (Å²) in [5.41, 5.74) is 2.48. The lowest BCUT2D eigenvalue weighted by atomic mass is 10.2. The van der Waals surface area contributed by atoms with E-state index in [9.17, 15) is 4.79 Å². The molecule has 5 nitrogen and oxygen atoms in total. The molecule has 0 aliphatic carbocycles. The van der Waals surface area contributed by atoms with Crippen LogP contribution < -0.4 is 4.74 Å². The Morgan fingerprint density at radius 2 is 2.05 bits per heavy atom. The molecule has 0 fully saturated rings. The van der Waals surface area contributed by atoms with Gasteiger partial charge in [-0.1, -0.05) is 29.0 Å². The molecule has 0 unspecified atom stereocenters. The van der Waals surface area contributed by atoms with E-state index in [0.29, 0.717) is 12.3 Å². The number of aromatic nitrogens is 3. The van der Waals surface area contributed by atoms with Crippen molar-refractivity contribution in [3.05, 3.63) is 46.2 Å². The highest BCUT2D eigenvalue weighted by Crippen LogP contribution is 2.19. The molecule has 0 aliphatic heterocycles. The van der Waals surface area contributed by atoms with Crippen molar-refractivity contribution in [3.8, 4) is 5.75 Å². The molecule has 0 bridgehead atoms. The fraction of sp³-hybridized carbons (Fsp3) is 0.312. The molecule has 0 saturated heterocycles. The second-order valence-corrected chi connectivity index (χ2v) is 6.20. The molecule has 2 aromatic heterocycles. The van der Waals surface area contributed by atoms with Gasteiger partial charge in [0.1, 0.15) is 16.5 Å². The van der Waals surface area contributed by atoms with Crippen LogP contribution in [0.3, 0.4) is 0 Å². The van der Waals surface area contributed by atoms with E-state index >= 15 is 0 Å². The molecule has 0 radical (unpaired) electrons. The van der Waals surface area contributed by atoms with E-state index in [0.717, 1.165) is 40.5 Å². The topological polar surface area (TPSA) is 56.5 Å². The summed E-state index contributed by atoms with van der Waals surface area (Å²) in [6, 6.07) is 8.03. The number of aldehydes is 1. The first-order valence-electron chi connectivity index (χ1n) is 7.17. The number of imidazole rings is 1. The predicted octanol–water partition coefficient (Wildman–Crippen LogP) is 3.23. The maximum atomic E-state index is 11.0. The summed E-state index contributed by atoms with van der Waals surface area (Å²) in [5, 5.41) is 5.42. The van der Waals surface area contributed by atoms with E-state index < -0.39 is 0 Å². The fourth-order valence-corrected chi connectivity index (χ4v) is 3.18. The molecule has 0 atom stereocenters. The van der Waals surface area contributed by atoms with Crippen molar-refractivity contribution in [2.24, 2.45) is 0 Å². The van der Waals surface area contributed by atoms with E-state index in [-0.39, 0.29) is 0 Å². The Morgan fingerprint density at radius 3 is 2.77 bits per heavy atom. The first-order valence-corrected chi connectivity index (χ1v) is 7.98. The van der Waals surface area contributed by atoms with Gasteiger partial charge in [0, 0.05) is 6.42 Å². The summed E-state index contributed by atoms with van der Waals surface area (Å²) in [5.74, 6) is 0.887. The number of hydrogen-bond donors (Lipinski definition) is 0.